The minimum absolute atomic E-state index is 0.328. The van der Waals surface area contributed by atoms with Crippen LogP contribution in [0.15, 0.2) is 59.5 Å². The minimum atomic E-state index is -1.23. The molecule has 0 aliphatic carbocycles. The number of carbonyl (C=O) groups is 3. The maximum absolute atomic E-state index is 12.4. The van der Waals surface area contributed by atoms with Gasteiger partial charge in [0.25, 0.3) is 5.91 Å². The highest BCUT2D eigenvalue weighted by Gasteiger charge is 2.27. The standard InChI is InChI=1S/C19H20N2O4S/c1-3-20-19(24)21-17(22)16(13-7-5-4-6-8-13)25-18(23)14-9-11-15(26-2)12-10-14/h4-12,16H,3H2,1-2H3,(H2,20,21,22,24)/t16-/m0/s1. The monoisotopic (exact) mass is 372 g/mol. The normalized spacial score (nSPS) is 11.3. The highest BCUT2D eigenvalue weighted by atomic mass is 32.2. The molecule has 0 heterocycles. The molecule has 7 heteroatoms. The largest absolute Gasteiger partial charge is 0.444 e. The molecule has 3 amide bonds. The topological polar surface area (TPSA) is 84.5 Å². The molecule has 0 unspecified atom stereocenters. The first-order valence-corrected chi connectivity index (χ1v) is 9.26. The number of esters is 1. The molecule has 0 spiro atoms. The van der Waals surface area contributed by atoms with Crippen LogP contribution in [0.3, 0.4) is 0 Å². The second-order valence-corrected chi connectivity index (χ2v) is 6.15. The zero-order valence-electron chi connectivity index (χ0n) is 14.5. The molecule has 2 rings (SSSR count). The summed E-state index contributed by atoms with van der Waals surface area (Å²) >= 11 is 1.56. The second-order valence-electron chi connectivity index (χ2n) is 5.27. The molecule has 0 aliphatic rings. The maximum Gasteiger partial charge on any atom is 0.339 e. The third kappa shape index (κ3) is 5.35. The molecule has 0 aromatic heterocycles. The number of hydrogen-bond acceptors (Lipinski definition) is 5. The van der Waals surface area contributed by atoms with Crippen LogP contribution < -0.4 is 10.6 Å². The van der Waals surface area contributed by atoms with E-state index in [1.807, 2.05) is 6.26 Å². The molecule has 0 radical (unpaired) electrons. The van der Waals surface area contributed by atoms with Crippen LogP contribution >= 0.6 is 11.8 Å². The van der Waals surface area contributed by atoms with E-state index in [4.69, 9.17) is 4.74 Å². The van der Waals surface area contributed by atoms with E-state index in [2.05, 4.69) is 10.6 Å². The quantitative estimate of drug-likeness (QED) is 0.601. The van der Waals surface area contributed by atoms with Gasteiger partial charge in [-0.25, -0.2) is 9.59 Å². The number of imide groups is 1. The number of carbonyl (C=O) groups excluding carboxylic acids is 3. The van der Waals surface area contributed by atoms with Crippen LogP contribution in [0.2, 0.25) is 0 Å². The Kier molecular flexibility index (Phi) is 7.23. The van der Waals surface area contributed by atoms with Gasteiger partial charge in [0, 0.05) is 17.0 Å². The molecule has 0 bridgehead atoms. The van der Waals surface area contributed by atoms with Crippen molar-refractivity contribution in [3.05, 3.63) is 65.7 Å². The molecule has 2 aromatic rings. The highest BCUT2D eigenvalue weighted by molar-refractivity contribution is 7.98. The molecular formula is C19H20N2O4S. The van der Waals surface area contributed by atoms with Gasteiger partial charge in [-0.1, -0.05) is 30.3 Å². The van der Waals surface area contributed by atoms with Crippen LogP contribution in [-0.4, -0.2) is 30.7 Å². The zero-order valence-corrected chi connectivity index (χ0v) is 15.3. The molecule has 136 valence electrons. The van der Waals surface area contributed by atoms with Crippen molar-refractivity contribution in [2.75, 3.05) is 12.8 Å². The van der Waals surface area contributed by atoms with Crippen molar-refractivity contribution in [3.8, 4) is 0 Å². The SMILES string of the molecule is CCNC(=O)NC(=O)[C@@H](OC(=O)c1ccc(SC)cc1)c1ccccc1. The third-order valence-electron chi connectivity index (χ3n) is 3.47. The van der Waals surface area contributed by atoms with Crippen molar-refractivity contribution in [1.29, 1.82) is 0 Å². The summed E-state index contributed by atoms with van der Waals surface area (Å²) in [5.74, 6) is -1.35. The molecule has 0 saturated carbocycles. The summed E-state index contributed by atoms with van der Waals surface area (Å²) in [6, 6.07) is 14.8. The number of urea groups is 1. The smallest absolute Gasteiger partial charge is 0.339 e. The Hall–Kier alpha value is -2.80. The minimum Gasteiger partial charge on any atom is -0.444 e. The lowest BCUT2D eigenvalue weighted by Crippen LogP contribution is -2.42. The fraction of sp³-hybridized carbons (Fsp3) is 0.211. The molecule has 26 heavy (non-hydrogen) atoms. The van der Waals surface area contributed by atoms with Crippen LogP contribution in [0.5, 0.6) is 0 Å². The lowest BCUT2D eigenvalue weighted by Gasteiger charge is -2.17. The van der Waals surface area contributed by atoms with E-state index in [0.717, 1.165) is 4.90 Å². The molecule has 6 nitrogen and oxygen atoms in total. The van der Waals surface area contributed by atoms with Crippen molar-refractivity contribution in [1.82, 2.24) is 10.6 Å². The molecule has 0 aliphatic heterocycles. The first-order chi connectivity index (χ1) is 12.5. The van der Waals surface area contributed by atoms with Crippen molar-refractivity contribution >= 4 is 29.7 Å². The number of hydrogen-bond donors (Lipinski definition) is 2. The second kappa shape index (κ2) is 9.62. The van der Waals surface area contributed by atoms with Gasteiger partial charge in [-0.05, 0) is 37.4 Å². The lowest BCUT2D eigenvalue weighted by atomic mass is 10.1. The van der Waals surface area contributed by atoms with Gasteiger partial charge >= 0.3 is 12.0 Å². The first-order valence-electron chi connectivity index (χ1n) is 8.03. The van der Waals surface area contributed by atoms with Gasteiger partial charge in [-0.3, -0.25) is 10.1 Å². The number of thioether (sulfide) groups is 1. The lowest BCUT2D eigenvalue weighted by molar-refractivity contribution is -0.129. The molecule has 0 fully saturated rings. The third-order valence-corrected chi connectivity index (χ3v) is 4.21. The van der Waals surface area contributed by atoms with E-state index in [1.165, 1.54) is 0 Å². The van der Waals surface area contributed by atoms with Gasteiger partial charge in [-0.2, -0.15) is 0 Å². The van der Waals surface area contributed by atoms with Crippen LogP contribution in [0.1, 0.15) is 28.9 Å². The van der Waals surface area contributed by atoms with Gasteiger partial charge in [0.05, 0.1) is 5.56 Å². The predicted molar refractivity (Wildman–Crippen MR) is 100 cm³/mol. The molecule has 2 aromatic carbocycles. The summed E-state index contributed by atoms with van der Waals surface area (Å²) < 4.78 is 5.40. The van der Waals surface area contributed by atoms with Crippen molar-refractivity contribution < 1.29 is 19.1 Å². The Balaban J connectivity index is 2.19. The van der Waals surface area contributed by atoms with Gasteiger partial charge in [0.1, 0.15) is 0 Å². The van der Waals surface area contributed by atoms with E-state index in [-0.39, 0.29) is 0 Å². The zero-order chi connectivity index (χ0) is 18.9. The average Bonchev–Trinajstić information content (AvgIpc) is 2.66. The predicted octanol–water partition coefficient (Wildman–Crippen LogP) is 3.15. The Bertz CT molecular complexity index is 763. The van der Waals surface area contributed by atoms with Crippen molar-refractivity contribution in [3.63, 3.8) is 0 Å². The van der Waals surface area contributed by atoms with Crippen LogP contribution in [0, 0.1) is 0 Å². The summed E-state index contributed by atoms with van der Waals surface area (Å²) in [7, 11) is 0. The number of rotatable bonds is 6. The van der Waals surface area contributed by atoms with E-state index < -0.39 is 24.0 Å². The molecule has 0 saturated heterocycles. The average molecular weight is 372 g/mol. The van der Waals surface area contributed by atoms with Crippen molar-refractivity contribution in [2.24, 2.45) is 0 Å². The van der Waals surface area contributed by atoms with Gasteiger partial charge in [-0.15, -0.1) is 11.8 Å². The summed E-state index contributed by atoms with van der Waals surface area (Å²) in [4.78, 5) is 37.5. The number of benzene rings is 2. The van der Waals surface area contributed by atoms with E-state index in [1.54, 1.807) is 73.3 Å². The maximum atomic E-state index is 12.4. The van der Waals surface area contributed by atoms with E-state index in [9.17, 15) is 14.4 Å². The Morgan fingerprint density at radius 1 is 1.04 bits per heavy atom. The van der Waals surface area contributed by atoms with E-state index >= 15 is 0 Å². The van der Waals surface area contributed by atoms with Gasteiger partial charge < -0.3 is 10.1 Å². The first kappa shape index (κ1) is 19.5. The molecule has 2 N–H and O–H groups in total. The number of ether oxygens (including phenoxy) is 1. The summed E-state index contributed by atoms with van der Waals surface area (Å²) in [5, 5.41) is 4.65. The van der Waals surface area contributed by atoms with Crippen LogP contribution in [0.25, 0.3) is 0 Å². The number of nitrogens with one attached hydrogen (secondary N) is 2. The molecular weight excluding hydrogens is 352 g/mol. The summed E-state index contributed by atoms with van der Waals surface area (Å²) in [5.41, 5.74) is 0.804. The van der Waals surface area contributed by atoms with Gasteiger partial charge in [0.15, 0.2) is 0 Å². The van der Waals surface area contributed by atoms with Crippen molar-refractivity contribution in [2.45, 2.75) is 17.9 Å². The fourth-order valence-corrected chi connectivity index (χ4v) is 2.59. The van der Waals surface area contributed by atoms with Crippen LogP contribution in [-0.2, 0) is 9.53 Å². The number of amides is 3. The summed E-state index contributed by atoms with van der Waals surface area (Å²) in [6.07, 6.45) is 0.705. The summed E-state index contributed by atoms with van der Waals surface area (Å²) in [6.45, 7) is 2.10. The highest BCUT2D eigenvalue weighted by Crippen LogP contribution is 2.21. The Morgan fingerprint density at radius 3 is 2.27 bits per heavy atom. The van der Waals surface area contributed by atoms with Gasteiger partial charge in [0.2, 0.25) is 6.10 Å². The fourth-order valence-electron chi connectivity index (χ4n) is 2.19. The Morgan fingerprint density at radius 2 is 1.69 bits per heavy atom. The molecule has 1 atom stereocenters. The van der Waals surface area contributed by atoms with E-state index in [0.29, 0.717) is 17.7 Å². The Labute approximate surface area is 156 Å². The van der Waals surface area contributed by atoms with Crippen LogP contribution in [0.4, 0.5) is 4.79 Å².